The molecule has 0 heterocycles. The van der Waals surface area contributed by atoms with Gasteiger partial charge in [-0.2, -0.15) is 0 Å². The first-order chi connectivity index (χ1) is 9.77. The lowest BCUT2D eigenvalue weighted by Crippen LogP contribution is -2.03. The van der Waals surface area contributed by atoms with Gasteiger partial charge in [-0.1, -0.05) is 24.3 Å². The molecule has 2 nitrogen and oxygen atoms in total. The maximum Gasteiger partial charge on any atom is 0.122 e. The van der Waals surface area contributed by atoms with Crippen LogP contribution in [0.25, 0.3) is 0 Å². The van der Waals surface area contributed by atoms with E-state index >= 15 is 0 Å². The monoisotopic (exact) mass is 272 g/mol. The lowest BCUT2D eigenvalue weighted by atomic mass is 10.1. The Kier molecular flexibility index (Phi) is 5.72. The minimum Gasteiger partial charge on any atom is -0.494 e. The number of unbranched alkanes of at least 4 members (excludes halogenated alkanes) is 1. The van der Waals surface area contributed by atoms with Gasteiger partial charge in [0.15, 0.2) is 0 Å². The van der Waals surface area contributed by atoms with E-state index in [1.54, 1.807) is 0 Å². The van der Waals surface area contributed by atoms with E-state index in [1.165, 1.54) is 11.1 Å². The summed E-state index contributed by atoms with van der Waals surface area (Å²) in [4.78, 5) is 0. The SMILES string of the molecule is CC1=CCCC=C1OCCCCOc1ccccc1C. The Morgan fingerprint density at radius 2 is 1.60 bits per heavy atom. The van der Waals surface area contributed by atoms with Crippen LogP contribution in [0.1, 0.15) is 38.2 Å². The third kappa shape index (κ3) is 4.44. The number of hydrogen-bond donors (Lipinski definition) is 0. The molecule has 0 radical (unpaired) electrons. The van der Waals surface area contributed by atoms with Crippen LogP contribution in [-0.2, 0) is 4.74 Å². The molecule has 2 rings (SSSR count). The average molecular weight is 272 g/mol. The van der Waals surface area contributed by atoms with Crippen molar-refractivity contribution in [3.63, 3.8) is 0 Å². The van der Waals surface area contributed by atoms with Gasteiger partial charge in [-0.05, 0) is 62.8 Å². The van der Waals surface area contributed by atoms with Crippen LogP contribution in [0.3, 0.4) is 0 Å². The first-order valence-electron chi connectivity index (χ1n) is 7.46. The van der Waals surface area contributed by atoms with Gasteiger partial charge in [0, 0.05) is 0 Å². The molecule has 0 saturated heterocycles. The minimum atomic E-state index is 0.752. The smallest absolute Gasteiger partial charge is 0.122 e. The normalized spacial score (nSPS) is 14.5. The van der Waals surface area contributed by atoms with E-state index in [0.29, 0.717) is 0 Å². The molecule has 20 heavy (non-hydrogen) atoms. The van der Waals surface area contributed by atoms with E-state index in [0.717, 1.165) is 50.4 Å². The molecular formula is C18H24O2. The van der Waals surface area contributed by atoms with Gasteiger partial charge >= 0.3 is 0 Å². The highest BCUT2D eigenvalue weighted by Gasteiger charge is 2.05. The van der Waals surface area contributed by atoms with Crippen molar-refractivity contribution in [1.82, 2.24) is 0 Å². The molecule has 0 aromatic heterocycles. The second kappa shape index (κ2) is 7.78. The maximum atomic E-state index is 5.81. The molecular weight excluding hydrogens is 248 g/mol. The molecule has 0 unspecified atom stereocenters. The van der Waals surface area contributed by atoms with E-state index in [9.17, 15) is 0 Å². The molecule has 0 atom stereocenters. The molecule has 0 saturated carbocycles. The molecule has 2 heteroatoms. The number of aryl methyl sites for hydroxylation is 1. The number of ether oxygens (including phenoxy) is 2. The van der Waals surface area contributed by atoms with Crippen LogP contribution < -0.4 is 4.74 Å². The van der Waals surface area contributed by atoms with Crippen LogP contribution in [0.5, 0.6) is 5.75 Å². The zero-order valence-corrected chi connectivity index (χ0v) is 12.5. The minimum absolute atomic E-state index is 0.752. The summed E-state index contributed by atoms with van der Waals surface area (Å²) in [5.74, 6) is 2.05. The van der Waals surface area contributed by atoms with Gasteiger partial charge in [-0.3, -0.25) is 0 Å². The first-order valence-corrected chi connectivity index (χ1v) is 7.46. The van der Waals surface area contributed by atoms with Crippen LogP contribution in [0.15, 0.2) is 47.7 Å². The molecule has 0 bridgehead atoms. The summed E-state index contributed by atoms with van der Waals surface area (Å²) in [7, 11) is 0. The van der Waals surface area contributed by atoms with Crippen LogP contribution in [0.2, 0.25) is 0 Å². The Morgan fingerprint density at radius 3 is 2.35 bits per heavy atom. The third-order valence-electron chi connectivity index (χ3n) is 3.48. The van der Waals surface area contributed by atoms with Crippen LogP contribution in [-0.4, -0.2) is 13.2 Å². The summed E-state index contributed by atoms with van der Waals surface area (Å²) in [6.45, 7) is 5.71. The standard InChI is InChI=1S/C18H24O2/c1-15-9-3-5-11-17(15)19-13-7-8-14-20-18-12-6-4-10-16(18)2/h3,5,9-12H,4,6-8,13-14H2,1-2H3. The highest BCUT2D eigenvalue weighted by atomic mass is 16.5. The van der Waals surface area contributed by atoms with Gasteiger partial charge in [0.2, 0.25) is 0 Å². The molecule has 0 spiro atoms. The van der Waals surface area contributed by atoms with Crippen molar-refractivity contribution < 1.29 is 9.47 Å². The van der Waals surface area contributed by atoms with E-state index in [-0.39, 0.29) is 0 Å². The largest absolute Gasteiger partial charge is 0.494 e. The van der Waals surface area contributed by atoms with Crippen LogP contribution in [0.4, 0.5) is 0 Å². The summed E-state index contributed by atoms with van der Waals surface area (Å²) < 4.78 is 11.6. The van der Waals surface area contributed by atoms with Crippen molar-refractivity contribution in [1.29, 1.82) is 0 Å². The summed E-state index contributed by atoms with van der Waals surface area (Å²) in [5, 5.41) is 0. The van der Waals surface area contributed by atoms with Crippen molar-refractivity contribution in [2.24, 2.45) is 0 Å². The third-order valence-corrected chi connectivity index (χ3v) is 3.48. The molecule has 0 amide bonds. The second-order valence-corrected chi connectivity index (χ2v) is 5.20. The van der Waals surface area contributed by atoms with Gasteiger partial charge in [-0.25, -0.2) is 0 Å². The average Bonchev–Trinajstić information content (AvgIpc) is 2.46. The van der Waals surface area contributed by atoms with Gasteiger partial charge in [-0.15, -0.1) is 0 Å². The fraction of sp³-hybridized carbons (Fsp3) is 0.444. The summed E-state index contributed by atoms with van der Waals surface area (Å²) >= 11 is 0. The number of para-hydroxylation sites is 1. The Bertz CT molecular complexity index is 486. The molecule has 0 aliphatic heterocycles. The molecule has 1 aliphatic rings. The Hall–Kier alpha value is -1.70. The predicted molar refractivity (Wildman–Crippen MR) is 82.9 cm³/mol. The van der Waals surface area contributed by atoms with E-state index < -0.39 is 0 Å². The van der Waals surface area contributed by atoms with Crippen molar-refractivity contribution >= 4 is 0 Å². The topological polar surface area (TPSA) is 18.5 Å². The lowest BCUT2D eigenvalue weighted by molar-refractivity contribution is 0.200. The first kappa shape index (κ1) is 14.7. The quantitative estimate of drug-likeness (QED) is 0.664. The number of benzene rings is 1. The molecule has 1 aromatic rings. The van der Waals surface area contributed by atoms with Crippen molar-refractivity contribution in [2.75, 3.05) is 13.2 Å². The molecule has 1 aliphatic carbocycles. The Balaban J connectivity index is 1.59. The predicted octanol–water partition coefficient (Wildman–Crippen LogP) is 4.79. The fourth-order valence-electron chi connectivity index (χ4n) is 2.24. The van der Waals surface area contributed by atoms with Gasteiger partial charge < -0.3 is 9.47 Å². The van der Waals surface area contributed by atoms with Crippen LogP contribution >= 0.6 is 0 Å². The summed E-state index contributed by atoms with van der Waals surface area (Å²) in [5.41, 5.74) is 2.46. The second-order valence-electron chi connectivity index (χ2n) is 5.20. The number of hydrogen-bond acceptors (Lipinski definition) is 2. The molecule has 1 aromatic carbocycles. The Morgan fingerprint density at radius 1 is 0.900 bits per heavy atom. The van der Waals surface area contributed by atoms with Crippen molar-refractivity contribution in [3.8, 4) is 5.75 Å². The highest BCUT2D eigenvalue weighted by Crippen LogP contribution is 2.19. The molecule has 108 valence electrons. The van der Waals surface area contributed by atoms with Crippen LogP contribution in [0, 0.1) is 6.92 Å². The number of allylic oxidation sites excluding steroid dienone is 3. The van der Waals surface area contributed by atoms with Gasteiger partial charge in [0.05, 0.1) is 13.2 Å². The highest BCUT2D eigenvalue weighted by molar-refractivity contribution is 5.31. The van der Waals surface area contributed by atoms with E-state index in [2.05, 4.69) is 32.1 Å². The van der Waals surface area contributed by atoms with E-state index in [4.69, 9.17) is 9.47 Å². The zero-order valence-electron chi connectivity index (χ0n) is 12.5. The fourth-order valence-corrected chi connectivity index (χ4v) is 2.24. The molecule has 0 fully saturated rings. The lowest BCUT2D eigenvalue weighted by Gasteiger charge is -2.14. The van der Waals surface area contributed by atoms with Crippen molar-refractivity contribution in [2.45, 2.75) is 39.5 Å². The maximum absolute atomic E-state index is 5.81. The molecule has 0 N–H and O–H groups in total. The number of rotatable bonds is 7. The summed E-state index contributed by atoms with van der Waals surface area (Å²) in [6.07, 6.45) is 8.72. The Labute approximate surface area is 122 Å². The van der Waals surface area contributed by atoms with Gasteiger partial charge in [0.1, 0.15) is 11.5 Å². The van der Waals surface area contributed by atoms with Crippen molar-refractivity contribution in [3.05, 3.63) is 53.3 Å². The zero-order chi connectivity index (χ0) is 14.2. The summed E-state index contributed by atoms with van der Waals surface area (Å²) in [6, 6.07) is 8.13. The van der Waals surface area contributed by atoms with Gasteiger partial charge in [0.25, 0.3) is 0 Å². The van der Waals surface area contributed by atoms with E-state index in [1.807, 2.05) is 18.2 Å².